The van der Waals surface area contributed by atoms with Crippen molar-refractivity contribution in [2.45, 2.75) is 62.8 Å². The van der Waals surface area contributed by atoms with Crippen LogP contribution in [0.15, 0.2) is 29.2 Å². The van der Waals surface area contributed by atoms with E-state index in [1.807, 2.05) is 0 Å². The summed E-state index contributed by atoms with van der Waals surface area (Å²) in [6, 6.07) is 6.73. The first-order valence-electron chi connectivity index (χ1n) is 9.14. The molecule has 0 saturated heterocycles. The Hall–Kier alpha value is -1.15. The van der Waals surface area contributed by atoms with Gasteiger partial charge in [0, 0.05) is 31.2 Å². The zero-order valence-electron chi connectivity index (χ0n) is 15.3. The minimum Gasteiger partial charge on any atom is -0.326 e. The van der Waals surface area contributed by atoms with Crippen LogP contribution >= 0.6 is 12.4 Å². The van der Waals surface area contributed by atoms with Gasteiger partial charge in [-0.05, 0) is 37.1 Å². The number of amides is 1. The number of rotatable bonds is 8. The maximum Gasteiger partial charge on any atom is 0.240 e. The zero-order chi connectivity index (χ0) is 18.1. The van der Waals surface area contributed by atoms with E-state index in [0.29, 0.717) is 31.2 Å². The molecule has 1 saturated carbocycles. The number of nitrogens with one attached hydrogen (secondary N) is 3. The second kappa shape index (κ2) is 11.5. The third-order valence-corrected chi connectivity index (χ3v) is 5.95. The van der Waals surface area contributed by atoms with Gasteiger partial charge in [0.2, 0.25) is 15.9 Å². The Morgan fingerprint density at radius 3 is 2.23 bits per heavy atom. The van der Waals surface area contributed by atoms with Gasteiger partial charge in [0.25, 0.3) is 0 Å². The molecule has 0 aromatic heterocycles. The van der Waals surface area contributed by atoms with Gasteiger partial charge in [0.1, 0.15) is 0 Å². The van der Waals surface area contributed by atoms with Crippen molar-refractivity contribution in [1.82, 2.24) is 10.0 Å². The van der Waals surface area contributed by atoms with Gasteiger partial charge in [-0.25, -0.2) is 13.1 Å². The third kappa shape index (κ3) is 7.61. The SMILES string of the molecule is CCC(=O)Nc1ccc(S(=O)(=O)NCCNC2CCCCCC2)cc1.Cl. The molecule has 0 radical (unpaired) electrons. The van der Waals surface area contributed by atoms with Gasteiger partial charge in [-0.15, -0.1) is 12.4 Å². The molecule has 0 aliphatic heterocycles. The van der Waals surface area contributed by atoms with Crippen molar-refractivity contribution in [3.8, 4) is 0 Å². The average molecular weight is 404 g/mol. The first-order valence-corrected chi connectivity index (χ1v) is 10.6. The maximum atomic E-state index is 12.3. The van der Waals surface area contributed by atoms with Crippen LogP contribution in [0.4, 0.5) is 5.69 Å². The summed E-state index contributed by atoms with van der Waals surface area (Å²) < 4.78 is 27.2. The van der Waals surface area contributed by atoms with Gasteiger partial charge in [0.15, 0.2) is 0 Å². The monoisotopic (exact) mass is 403 g/mol. The second-order valence-corrected chi connectivity index (χ2v) is 8.23. The summed E-state index contributed by atoms with van der Waals surface area (Å²) >= 11 is 0. The highest BCUT2D eigenvalue weighted by Gasteiger charge is 2.15. The van der Waals surface area contributed by atoms with E-state index >= 15 is 0 Å². The standard InChI is InChI=1S/C18H29N3O3S.ClH/c1-2-18(22)21-16-9-11-17(12-10-16)25(23,24)20-14-13-19-15-7-5-3-4-6-8-15;/h9-12,15,19-20H,2-8,13-14H2,1H3,(H,21,22);1H. The summed E-state index contributed by atoms with van der Waals surface area (Å²) in [5.74, 6) is -0.0988. The smallest absolute Gasteiger partial charge is 0.240 e. The highest BCUT2D eigenvalue weighted by atomic mass is 35.5. The summed E-state index contributed by atoms with van der Waals surface area (Å²) in [4.78, 5) is 11.5. The summed E-state index contributed by atoms with van der Waals surface area (Å²) in [5, 5.41) is 6.15. The molecule has 1 aliphatic carbocycles. The van der Waals surface area contributed by atoms with Crippen molar-refractivity contribution in [2.75, 3.05) is 18.4 Å². The molecule has 1 aliphatic rings. The van der Waals surface area contributed by atoms with E-state index in [4.69, 9.17) is 0 Å². The Kier molecular flexibility index (Phi) is 10.2. The van der Waals surface area contributed by atoms with E-state index in [2.05, 4.69) is 15.4 Å². The van der Waals surface area contributed by atoms with Crippen molar-refractivity contribution in [2.24, 2.45) is 0 Å². The molecule has 1 fully saturated rings. The molecule has 148 valence electrons. The average Bonchev–Trinajstić information content (AvgIpc) is 2.88. The fourth-order valence-electron chi connectivity index (χ4n) is 3.00. The number of benzene rings is 1. The number of hydrogen-bond acceptors (Lipinski definition) is 4. The molecule has 0 unspecified atom stereocenters. The molecule has 1 aromatic rings. The number of sulfonamides is 1. The predicted octanol–water partition coefficient (Wildman–Crippen LogP) is 3.05. The lowest BCUT2D eigenvalue weighted by atomic mass is 10.1. The van der Waals surface area contributed by atoms with Crippen molar-refractivity contribution >= 4 is 34.0 Å². The molecular formula is C18H30ClN3O3S. The first-order chi connectivity index (χ1) is 12.0. The van der Waals surface area contributed by atoms with E-state index in [-0.39, 0.29) is 23.2 Å². The van der Waals surface area contributed by atoms with Gasteiger partial charge in [0.05, 0.1) is 4.90 Å². The van der Waals surface area contributed by atoms with Crippen LogP contribution in [0.3, 0.4) is 0 Å². The number of carbonyl (C=O) groups is 1. The normalized spacial score (nSPS) is 15.7. The minimum absolute atomic E-state index is 0. The highest BCUT2D eigenvalue weighted by Crippen LogP contribution is 2.17. The van der Waals surface area contributed by atoms with Crippen LogP contribution in [0.5, 0.6) is 0 Å². The largest absolute Gasteiger partial charge is 0.326 e. The Balaban J connectivity index is 0.00000338. The maximum absolute atomic E-state index is 12.3. The fourth-order valence-corrected chi connectivity index (χ4v) is 4.03. The van der Waals surface area contributed by atoms with Gasteiger partial charge in [-0.3, -0.25) is 4.79 Å². The molecule has 8 heteroatoms. The Morgan fingerprint density at radius 2 is 1.65 bits per heavy atom. The van der Waals surface area contributed by atoms with Crippen LogP contribution in [0, 0.1) is 0 Å². The van der Waals surface area contributed by atoms with E-state index in [1.165, 1.54) is 50.7 Å². The molecule has 1 amide bonds. The van der Waals surface area contributed by atoms with Gasteiger partial charge >= 0.3 is 0 Å². The Labute approximate surface area is 163 Å². The zero-order valence-corrected chi connectivity index (χ0v) is 16.9. The van der Waals surface area contributed by atoms with Gasteiger partial charge < -0.3 is 10.6 Å². The van der Waals surface area contributed by atoms with Crippen LogP contribution in [0.25, 0.3) is 0 Å². The lowest BCUT2D eigenvalue weighted by molar-refractivity contribution is -0.115. The van der Waals surface area contributed by atoms with E-state index in [0.717, 1.165) is 0 Å². The topological polar surface area (TPSA) is 87.3 Å². The summed E-state index contributed by atoms with van der Waals surface area (Å²) in [6.07, 6.45) is 7.86. The molecule has 0 bridgehead atoms. The van der Waals surface area contributed by atoms with Gasteiger partial charge in [-0.2, -0.15) is 0 Å². The van der Waals surface area contributed by atoms with Crippen molar-refractivity contribution in [3.63, 3.8) is 0 Å². The Bertz CT molecular complexity index is 642. The number of anilines is 1. The molecule has 3 N–H and O–H groups in total. The summed E-state index contributed by atoms with van der Waals surface area (Å²) in [7, 11) is -3.52. The lowest BCUT2D eigenvalue weighted by Gasteiger charge is -2.16. The molecular weight excluding hydrogens is 374 g/mol. The van der Waals surface area contributed by atoms with Crippen LogP contribution < -0.4 is 15.4 Å². The molecule has 1 aromatic carbocycles. The number of halogens is 1. The van der Waals surface area contributed by atoms with Crippen LogP contribution in [0.2, 0.25) is 0 Å². The van der Waals surface area contributed by atoms with Crippen LogP contribution in [0.1, 0.15) is 51.9 Å². The number of hydrogen-bond donors (Lipinski definition) is 3. The molecule has 0 spiro atoms. The fraction of sp³-hybridized carbons (Fsp3) is 0.611. The lowest BCUT2D eigenvalue weighted by Crippen LogP contribution is -2.36. The molecule has 26 heavy (non-hydrogen) atoms. The van der Waals surface area contributed by atoms with Crippen molar-refractivity contribution in [1.29, 1.82) is 0 Å². The summed E-state index contributed by atoms with van der Waals surface area (Å²) in [5.41, 5.74) is 0.598. The predicted molar refractivity (Wildman–Crippen MR) is 107 cm³/mol. The first kappa shape index (κ1) is 22.9. The van der Waals surface area contributed by atoms with Crippen LogP contribution in [-0.2, 0) is 14.8 Å². The minimum atomic E-state index is -3.52. The van der Waals surface area contributed by atoms with Crippen molar-refractivity contribution in [3.05, 3.63) is 24.3 Å². The Morgan fingerprint density at radius 1 is 1.04 bits per heavy atom. The van der Waals surface area contributed by atoms with E-state index < -0.39 is 10.0 Å². The molecule has 6 nitrogen and oxygen atoms in total. The van der Waals surface area contributed by atoms with Crippen LogP contribution in [-0.4, -0.2) is 33.5 Å². The van der Waals surface area contributed by atoms with E-state index in [1.54, 1.807) is 19.1 Å². The quantitative estimate of drug-likeness (QED) is 0.460. The van der Waals surface area contributed by atoms with Crippen molar-refractivity contribution < 1.29 is 13.2 Å². The highest BCUT2D eigenvalue weighted by molar-refractivity contribution is 7.89. The summed E-state index contributed by atoms with van der Waals surface area (Å²) in [6.45, 7) is 2.77. The van der Waals surface area contributed by atoms with Gasteiger partial charge in [-0.1, -0.05) is 32.6 Å². The molecule has 2 rings (SSSR count). The molecule has 0 atom stereocenters. The second-order valence-electron chi connectivity index (χ2n) is 6.47. The number of carbonyl (C=O) groups excluding carboxylic acids is 1. The third-order valence-electron chi connectivity index (χ3n) is 4.47. The van der Waals surface area contributed by atoms with E-state index in [9.17, 15) is 13.2 Å². The molecule has 0 heterocycles.